The fourth-order valence-corrected chi connectivity index (χ4v) is 2.49. The van der Waals surface area contributed by atoms with Crippen molar-refractivity contribution in [2.45, 2.75) is 19.5 Å². The van der Waals surface area contributed by atoms with Crippen molar-refractivity contribution in [2.75, 3.05) is 13.7 Å². The Hall–Kier alpha value is -3.35. The van der Waals surface area contributed by atoms with Crippen LogP contribution in [0.15, 0.2) is 54.6 Å². The van der Waals surface area contributed by atoms with Gasteiger partial charge in [0.1, 0.15) is 5.75 Å². The van der Waals surface area contributed by atoms with Gasteiger partial charge in [0.25, 0.3) is 0 Å². The molecular formula is C20H23N3O4. The standard InChI is InChI=1S/C20H23N3O4/c1-14(16-10-6-7-11-17(16)27-2)23-18(24)13-22-20(26)19(25)21-12-15-8-4-3-5-9-15/h3-11,14H,12-13H2,1-2H3,(H,21,25)(H,22,26)(H,23,24)/t14-/m0/s1. The summed E-state index contributed by atoms with van der Waals surface area (Å²) in [5, 5.41) is 7.57. The van der Waals surface area contributed by atoms with Gasteiger partial charge in [-0.15, -0.1) is 0 Å². The molecule has 2 aromatic carbocycles. The Morgan fingerprint density at radius 1 is 0.926 bits per heavy atom. The molecule has 27 heavy (non-hydrogen) atoms. The normalized spacial score (nSPS) is 11.2. The van der Waals surface area contributed by atoms with Crippen molar-refractivity contribution < 1.29 is 19.1 Å². The van der Waals surface area contributed by atoms with Crippen LogP contribution in [-0.2, 0) is 20.9 Å². The summed E-state index contributed by atoms with van der Waals surface area (Å²) < 4.78 is 5.27. The lowest BCUT2D eigenvalue weighted by Gasteiger charge is -2.17. The number of benzene rings is 2. The van der Waals surface area contributed by atoms with Gasteiger partial charge in [-0.3, -0.25) is 14.4 Å². The van der Waals surface area contributed by atoms with Crippen molar-refractivity contribution in [1.29, 1.82) is 0 Å². The van der Waals surface area contributed by atoms with Crippen molar-refractivity contribution in [3.05, 3.63) is 65.7 Å². The molecule has 1 atom stereocenters. The zero-order valence-electron chi connectivity index (χ0n) is 15.3. The van der Waals surface area contributed by atoms with E-state index in [1.165, 1.54) is 0 Å². The van der Waals surface area contributed by atoms with E-state index < -0.39 is 17.7 Å². The van der Waals surface area contributed by atoms with Crippen LogP contribution < -0.4 is 20.7 Å². The highest BCUT2D eigenvalue weighted by molar-refractivity contribution is 6.35. The Bertz CT molecular complexity index is 793. The third-order valence-electron chi connectivity index (χ3n) is 3.89. The average Bonchev–Trinajstić information content (AvgIpc) is 2.70. The molecule has 0 aromatic heterocycles. The first kappa shape index (κ1) is 20.0. The molecule has 0 saturated heterocycles. The fraction of sp³-hybridized carbons (Fsp3) is 0.250. The fourth-order valence-electron chi connectivity index (χ4n) is 2.49. The number of nitrogens with one attached hydrogen (secondary N) is 3. The molecule has 2 rings (SSSR count). The number of methoxy groups -OCH3 is 1. The van der Waals surface area contributed by atoms with Crippen LogP contribution in [0, 0.1) is 0 Å². The summed E-state index contributed by atoms with van der Waals surface area (Å²) in [6.07, 6.45) is 0. The van der Waals surface area contributed by atoms with Crippen LogP contribution in [-0.4, -0.2) is 31.4 Å². The van der Waals surface area contributed by atoms with Gasteiger partial charge < -0.3 is 20.7 Å². The maximum atomic E-state index is 12.0. The third kappa shape index (κ3) is 6.14. The summed E-state index contributed by atoms with van der Waals surface area (Å²) in [5.41, 5.74) is 1.70. The van der Waals surface area contributed by atoms with Gasteiger partial charge in [0.2, 0.25) is 5.91 Å². The number of hydrogen-bond acceptors (Lipinski definition) is 4. The van der Waals surface area contributed by atoms with Crippen molar-refractivity contribution in [1.82, 2.24) is 16.0 Å². The van der Waals surface area contributed by atoms with E-state index in [-0.39, 0.29) is 19.1 Å². The lowest BCUT2D eigenvalue weighted by Crippen LogP contribution is -2.44. The van der Waals surface area contributed by atoms with Crippen LogP contribution in [0.2, 0.25) is 0 Å². The predicted molar refractivity (Wildman–Crippen MR) is 101 cm³/mol. The Labute approximate surface area is 158 Å². The molecule has 0 aliphatic rings. The van der Waals surface area contributed by atoms with Gasteiger partial charge >= 0.3 is 11.8 Å². The largest absolute Gasteiger partial charge is 0.496 e. The number of carbonyl (C=O) groups is 3. The van der Waals surface area contributed by atoms with Crippen LogP contribution in [0.1, 0.15) is 24.1 Å². The molecule has 0 spiro atoms. The minimum atomic E-state index is -0.856. The molecule has 142 valence electrons. The second-order valence-corrected chi connectivity index (χ2v) is 5.88. The summed E-state index contributed by atoms with van der Waals surface area (Å²) >= 11 is 0. The lowest BCUT2D eigenvalue weighted by atomic mass is 10.1. The summed E-state index contributed by atoms with van der Waals surface area (Å²) in [5.74, 6) is -1.39. The Morgan fingerprint density at radius 3 is 2.26 bits per heavy atom. The van der Waals surface area contributed by atoms with Crippen molar-refractivity contribution in [2.24, 2.45) is 0 Å². The van der Waals surface area contributed by atoms with Gasteiger partial charge in [0.15, 0.2) is 0 Å². The topological polar surface area (TPSA) is 96.5 Å². The van der Waals surface area contributed by atoms with E-state index in [0.717, 1.165) is 11.1 Å². The molecule has 2 aromatic rings. The smallest absolute Gasteiger partial charge is 0.309 e. The third-order valence-corrected chi connectivity index (χ3v) is 3.89. The minimum absolute atomic E-state index is 0.240. The monoisotopic (exact) mass is 369 g/mol. The van der Waals surface area contributed by atoms with E-state index in [9.17, 15) is 14.4 Å². The zero-order chi connectivity index (χ0) is 19.6. The highest BCUT2D eigenvalue weighted by Gasteiger charge is 2.17. The molecule has 3 amide bonds. The molecule has 0 unspecified atom stereocenters. The first-order valence-corrected chi connectivity index (χ1v) is 8.53. The van der Waals surface area contributed by atoms with Gasteiger partial charge in [0, 0.05) is 12.1 Å². The first-order valence-electron chi connectivity index (χ1n) is 8.53. The summed E-state index contributed by atoms with van der Waals surface area (Å²) in [6.45, 7) is 1.76. The number of carbonyl (C=O) groups excluding carboxylic acids is 3. The van der Waals surface area contributed by atoms with Crippen molar-refractivity contribution >= 4 is 17.7 Å². The molecule has 0 bridgehead atoms. The Balaban J connectivity index is 1.77. The quantitative estimate of drug-likeness (QED) is 0.641. The van der Waals surface area contributed by atoms with Gasteiger partial charge in [0.05, 0.1) is 19.7 Å². The molecule has 0 aliphatic carbocycles. The molecule has 7 nitrogen and oxygen atoms in total. The van der Waals surface area contributed by atoms with Gasteiger partial charge in [-0.1, -0.05) is 48.5 Å². The van der Waals surface area contributed by atoms with Gasteiger partial charge in [-0.2, -0.15) is 0 Å². The van der Waals surface area contributed by atoms with E-state index in [0.29, 0.717) is 5.75 Å². The first-order chi connectivity index (χ1) is 13.0. The van der Waals surface area contributed by atoms with Gasteiger partial charge in [-0.05, 0) is 18.6 Å². The molecule has 0 fully saturated rings. The lowest BCUT2D eigenvalue weighted by molar-refractivity contribution is -0.139. The molecular weight excluding hydrogens is 346 g/mol. The maximum absolute atomic E-state index is 12.0. The van der Waals surface area contributed by atoms with Crippen LogP contribution >= 0.6 is 0 Å². The van der Waals surface area contributed by atoms with Crippen LogP contribution in [0.25, 0.3) is 0 Å². The summed E-state index contributed by atoms with van der Waals surface area (Å²) in [6, 6.07) is 16.3. The summed E-state index contributed by atoms with van der Waals surface area (Å²) in [4.78, 5) is 35.6. The van der Waals surface area contributed by atoms with Crippen LogP contribution in [0.5, 0.6) is 5.75 Å². The molecule has 0 heterocycles. The summed E-state index contributed by atoms with van der Waals surface area (Å²) in [7, 11) is 1.56. The second kappa shape index (κ2) is 9.96. The van der Waals surface area contributed by atoms with Crippen LogP contribution in [0.4, 0.5) is 0 Å². The molecule has 7 heteroatoms. The van der Waals surface area contributed by atoms with E-state index in [2.05, 4.69) is 16.0 Å². The molecule has 0 radical (unpaired) electrons. The van der Waals surface area contributed by atoms with E-state index in [1.54, 1.807) is 13.2 Å². The van der Waals surface area contributed by atoms with E-state index in [4.69, 9.17) is 4.74 Å². The maximum Gasteiger partial charge on any atom is 0.309 e. The second-order valence-electron chi connectivity index (χ2n) is 5.88. The molecule has 3 N–H and O–H groups in total. The number of rotatable bonds is 7. The number of ether oxygens (including phenoxy) is 1. The highest BCUT2D eigenvalue weighted by atomic mass is 16.5. The minimum Gasteiger partial charge on any atom is -0.496 e. The molecule has 0 saturated carbocycles. The van der Waals surface area contributed by atoms with Gasteiger partial charge in [-0.25, -0.2) is 0 Å². The SMILES string of the molecule is COc1ccccc1[C@H](C)NC(=O)CNC(=O)C(=O)NCc1ccccc1. The predicted octanol–water partition coefficient (Wildman–Crippen LogP) is 1.30. The average molecular weight is 369 g/mol. The highest BCUT2D eigenvalue weighted by Crippen LogP contribution is 2.23. The van der Waals surface area contributed by atoms with E-state index >= 15 is 0 Å². The zero-order valence-corrected chi connectivity index (χ0v) is 15.3. The molecule has 0 aliphatic heterocycles. The number of amides is 3. The number of hydrogen-bond donors (Lipinski definition) is 3. The van der Waals surface area contributed by atoms with Crippen molar-refractivity contribution in [3.63, 3.8) is 0 Å². The Morgan fingerprint density at radius 2 is 1.56 bits per heavy atom. The number of para-hydroxylation sites is 1. The van der Waals surface area contributed by atoms with Crippen LogP contribution in [0.3, 0.4) is 0 Å². The van der Waals surface area contributed by atoms with E-state index in [1.807, 2.05) is 55.5 Å². The van der Waals surface area contributed by atoms with Crippen molar-refractivity contribution in [3.8, 4) is 5.75 Å². The Kier molecular flexibility index (Phi) is 7.37.